The van der Waals surface area contributed by atoms with Crippen molar-refractivity contribution < 1.29 is 26.9 Å². The fourth-order valence-corrected chi connectivity index (χ4v) is 5.19. The summed E-state index contributed by atoms with van der Waals surface area (Å²) in [4.78, 5) is 39.3. The molecule has 1 fully saturated rings. The number of likely N-dealkylation sites (tertiary alicyclic amines) is 1. The third-order valence-electron chi connectivity index (χ3n) is 6.48. The highest BCUT2D eigenvalue weighted by Gasteiger charge is 2.30. The number of hydrogen-bond donors (Lipinski definition) is 2. The number of ether oxygens (including phenoxy) is 1. The van der Waals surface area contributed by atoms with Crippen molar-refractivity contribution >= 4 is 50.3 Å². The van der Waals surface area contributed by atoms with E-state index in [2.05, 4.69) is 24.5 Å². The molecule has 4 aromatic rings. The van der Waals surface area contributed by atoms with Crippen molar-refractivity contribution in [3.05, 3.63) is 77.2 Å². The second-order valence-electron chi connectivity index (χ2n) is 9.26. The van der Waals surface area contributed by atoms with Crippen LogP contribution < -0.4 is 10.1 Å². The normalized spacial score (nSPS) is 15.3. The van der Waals surface area contributed by atoms with Crippen LogP contribution in [0.15, 0.2) is 61.1 Å². The summed E-state index contributed by atoms with van der Waals surface area (Å²) >= 11 is 6.50. The number of ketones is 1. The quantitative estimate of drug-likeness (QED) is 0.209. The predicted molar refractivity (Wildman–Crippen MR) is 149 cm³/mol. The van der Waals surface area contributed by atoms with Gasteiger partial charge in [0.1, 0.15) is 35.9 Å². The average molecular weight is 584 g/mol. The fraction of sp³-hybridized carbons (Fsp3) is 0.259. The molecule has 13 heteroatoms. The van der Waals surface area contributed by atoms with Crippen molar-refractivity contribution in [2.75, 3.05) is 31.3 Å². The van der Waals surface area contributed by atoms with Crippen molar-refractivity contribution in [3.8, 4) is 11.5 Å². The van der Waals surface area contributed by atoms with Crippen LogP contribution in [0.5, 0.6) is 11.5 Å². The lowest BCUT2D eigenvalue weighted by Crippen LogP contribution is -2.41. The molecule has 0 bridgehead atoms. The van der Waals surface area contributed by atoms with Gasteiger partial charge in [-0.3, -0.25) is 13.8 Å². The van der Waals surface area contributed by atoms with Gasteiger partial charge in [-0.15, -0.1) is 0 Å². The van der Waals surface area contributed by atoms with Gasteiger partial charge in [0.2, 0.25) is 5.91 Å². The van der Waals surface area contributed by atoms with Crippen LogP contribution in [-0.4, -0.2) is 72.0 Å². The van der Waals surface area contributed by atoms with E-state index in [-0.39, 0.29) is 22.4 Å². The first-order chi connectivity index (χ1) is 19.2. The Labute approximate surface area is 235 Å². The van der Waals surface area contributed by atoms with Gasteiger partial charge in [0.25, 0.3) is 10.1 Å². The van der Waals surface area contributed by atoms with Gasteiger partial charge in [-0.05, 0) is 37.1 Å². The van der Waals surface area contributed by atoms with Crippen LogP contribution in [0, 0.1) is 0 Å². The van der Waals surface area contributed by atoms with Crippen molar-refractivity contribution in [1.82, 2.24) is 19.9 Å². The number of hydrogen-bond acceptors (Lipinski definition) is 9. The van der Waals surface area contributed by atoms with Crippen LogP contribution in [0.1, 0.15) is 28.8 Å². The zero-order chi connectivity index (χ0) is 28.3. The number of fused-ring (bicyclic) bond motifs is 1. The minimum absolute atomic E-state index is 0.203. The molecule has 1 amide bonds. The molecule has 0 aliphatic carbocycles. The number of halogens is 1. The smallest absolute Gasteiger partial charge is 0.264 e. The van der Waals surface area contributed by atoms with Crippen LogP contribution in [-0.2, 0) is 19.1 Å². The number of carbonyl (C=O) groups is 2. The minimum Gasteiger partial charge on any atom is -0.457 e. The van der Waals surface area contributed by atoms with Crippen LogP contribution in [0.3, 0.4) is 0 Å². The summed E-state index contributed by atoms with van der Waals surface area (Å²) in [5.74, 6) is 0.828. The molecule has 1 aliphatic rings. The third-order valence-corrected chi connectivity index (χ3v) is 7.34. The highest BCUT2D eigenvalue weighted by Crippen LogP contribution is 2.31. The first kappa shape index (κ1) is 27.6. The number of nitrogens with zero attached hydrogens (tertiary/aromatic N) is 3. The summed E-state index contributed by atoms with van der Waals surface area (Å²) < 4.78 is 33.0. The van der Waals surface area contributed by atoms with Gasteiger partial charge in [-0.2, -0.15) is 8.42 Å². The van der Waals surface area contributed by atoms with Gasteiger partial charge in [-0.1, -0.05) is 29.8 Å². The highest BCUT2D eigenvalue weighted by atomic mass is 35.5. The summed E-state index contributed by atoms with van der Waals surface area (Å²) in [6.45, 7) is 0.287. The van der Waals surface area contributed by atoms with Crippen LogP contribution in [0.25, 0.3) is 11.0 Å². The summed E-state index contributed by atoms with van der Waals surface area (Å²) in [6.07, 6.45) is 5.32. The van der Waals surface area contributed by atoms with Gasteiger partial charge in [-0.25, -0.2) is 9.97 Å². The highest BCUT2D eigenvalue weighted by molar-refractivity contribution is 7.86. The Balaban J connectivity index is 1.33. The number of carbonyl (C=O) groups excluding carboxylic acids is 2. The molecule has 1 aliphatic heterocycles. The van der Waals surface area contributed by atoms with E-state index in [0.29, 0.717) is 47.0 Å². The molecule has 208 valence electrons. The average Bonchev–Trinajstić information content (AvgIpc) is 3.58. The Kier molecular flexibility index (Phi) is 8.01. The van der Waals surface area contributed by atoms with E-state index in [4.69, 9.17) is 16.3 Å². The number of benzene rings is 2. The molecule has 1 unspecified atom stereocenters. The lowest BCUT2D eigenvalue weighted by Gasteiger charge is -2.25. The number of aromatic nitrogens is 3. The number of aromatic amines is 1. The molecule has 5 rings (SSSR count). The molecule has 40 heavy (non-hydrogen) atoms. The SMILES string of the molecule is CS(=O)(=O)OCC(=O)N1CCCC1CNc1ncnc2[nH]cc(C(=O)c3ccc(Oc4ccccc4)cc3Cl)c12. The molecule has 0 spiro atoms. The monoisotopic (exact) mass is 583 g/mol. The Bertz CT molecular complexity index is 1660. The van der Waals surface area contributed by atoms with Crippen LogP contribution in [0.2, 0.25) is 5.02 Å². The molecule has 1 saturated heterocycles. The summed E-state index contributed by atoms with van der Waals surface area (Å²) in [5, 5.41) is 3.96. The largest absolute Gasteiger partial charge is 0.457 e. The van der Waals surface area contributed by atoms with E-state index in [1.165, 1.54) is 6.33 Å². The first-order valence-electron chi connectivity index (χ1n) is 12.5. The zero-order valence-corrected chi connectivity index (χ0v) is 23.0. The Morgan fingerprint density at radius 2 is 1.93 bits per heavy atom. The molecule has 2 aromatic heterocycles. The van der Waals surface area contributed by atoms with Crippen molar-refractivity contribution in [2.45, 2.75) is 18.9 Å². The first-order valence-corrected chi connectivity index (χ1v) is 14.7. The molecule has 1 atom stereocenters. The number of para-hydroxylation sites is 1. The number of amides is 1. The van der Waals surface area contributed by atoms with E-state index in [9.17, 15) is 18.0 Å². The fourth-order valence-electron chi connectivity index (χ4n) is 4.62. The second kappa shape index (κ2) is 11.6. The van der Waals surface area contributed by atoms with E-state index in [0.717, 1.165) is 19.1 Å². The summed E-state index contributed by atoms with van der Waals surface area (Å²) in [7, 11) is -3.73. The topological polar surface area (TPSA) is 144 Å². The lowest BCUT2D eigenvalue weighted by molar-refractivity contribution is -0.133. The minimum atomic E-state index is -3.73. The maximum absolute atomic E-state index is 13.6. The Morgan fingerprint density at radius 1 is 1.12 bits per heavy atom. The molecular formula is C27H26ClN5O6S. The lowest BCUT2D eigenvalue weighted by atomic mass is 10.0. The maximum Gasteiger partial charge on any atom is 0.264 e. The summed E-state index contributed by atoms with van der Waals surface area (Å²) in [5.41, 5.74) is 1.08. The van der Waals surface area contributed by atoms with Crippen molar-refractivity contribution in [2.24, 2.45) is 0 Å². The van der Waals surface area contributed by atoms with Gasteiger partial charge in [0, 0.05) is 37.0 Å². The number of anilines is 1. The Morgan fingerprint density at radius 3 is 2.67 bits per heavy atom. The van der Waals surface area contributed by atoms with Crippen LogP contribution >= 0.6 is 11.6 Å². The van der Waals surface area contributed by atoms with Crippen molar-refractivity contribution in [3.63, 3.8) is 0 Å². The predicted octanol–water partition coefficient (Wildman–Crippen LogP) is 4.01. The zero-order valence-electron chi connectivity index (χ0n) is 21.5. The van der Waals surface area contributed by atoms with E-state index in [1.54, 1.807) is 29.3 Å². The van der Waals surface area contributed by atoms with Crippen molar-refractivity contribution in [1.29, 1.82) is 0 Å². The van der Waals surface area contributed by atoms with E-state index >= 15 is 0 Å². The molecule has 3 heterocycles. The molecular weight excluding hydrogens is 558 g/mol. The van der Waals surface area contributed by atoms with Gasteiger partial charge in [0.15, 0.2) is 5.78 Å². The van der Waals surface area contributed by atoms with Crippen LogP contribution in [0.4, 0.5) is 5.82 Å². The summed E-state index contributed by atoms with van der Waals surface area (Å²) in [6, 6.07) is 13.9. The number of H-pyrrole nitrogens is 1. The Hall–Kier alpha value is -4.00. The van der Waals surface area contributed by atoms with E-state index < -0.39 is 22.6 Å². The standard InChI is InChI=1S/C27H26ClN5O6S/c1-40(36,37)38-15-23(34)33-11-5-6-17(33)13-29-26-24-21(14-30-27(24)32-16-31-26)25(35)20-10-9-19(12-22(20)28)39-18-7-3-2-4-8-18/h2-4,7-10,12,14,16-17H,5-6,11,13,15H2,1H3,(H2,29,30,31,32). The molecule has 0 saturated carbocycles. The third kappa shape index (κ3) is 6.24. The van der Waals surface area contributed by atoms with Gasteiger partial charge in [0.05, 0.1) is 22.2 Å². The van der Waals surface area contributed by atoms with Gasteiger partial charge < -0.3 is 19.9 Å². The van der Waals surface area contributed by atoms with E-state index in [1.807, 2.05) is 30.3 Å². The molecule has 2 N–H and O–H groups in total. The molecule has 0 radical (unpaired) electrons. The second-order valence-corrected chi connectivity index (χ2v) is 11.3. The number of rotatable bonds is 10. The van der Waals surface area contributed by atoms with Gasteiger partial charge >= 0.3 is 0 Å². The molecule has 2 aromatic carbocycles. The number of nitrogens with one attached hydrogen (secondary N) is 2. The maximum atomic E-state index is 13.6. The molecule has 11 nitrogen and oxygen atoms in total.